The highest BCUT2D eigenvalue weighted by molar-refractivity contribution is 8.26. The number of hydrogen-bond donors (Lipinski definition) is 1. The van der Waals surface area contributed by atoms with E-state index >= 15 is 0 Å². The van der Waals surface area contributed by atoms with Gasteiger partial charge in [-0.3, -0.25) is 24.2 Å². The van der Waals surface area contributed by atoms with E-state index in [0.717, 1.165) is 31.0 Å². The number of ether oxygens (including phenoxy) is 1. The van der Waals surface area contributed by atoms with Crippen molar-refractivity contribution < 1.29 is 19.1 Å². The van der Waals surface area contributed by atoms with Crippen molar-refractivity contribution in [1.82, 2.24) is 4.90 Å². The predicted octanol–water partition coefficient (Wildman–Crippen LogP) is 4.44. The maximum atomic E-state index is 13.5. The number of amides is 3. The maximum Gasteiger partial charge on any atom is 0.267 e. The number of thiocarbonyl (C=S) groups is 1. The van der Waals surface area contributed by atoms with E-state index in [2.05, 4.69) is 12.2 Å². The van der Waals surface area contributed by atoms with E-state index in [1.807, 2.05) is 6.07 Å². The van der Waals surface area contributed by atoms with Crippen LogP contribution in [0.5, 0.6) is 5.75 Å². The Morgan fingerprint density at radius 2 is 1.76 bits per heavy atom. The minimum Gasteiger partial charge on any atom is -0.497 e. The largest absolute Gasteiger partial charge is 0.497 e. The summed E-state index contributed by atoms with van der Waals surface area (Å²) in [6.45, 7) is 2.46. The van der Waals surface area contributed by atoms with Crippen molar-refractivity contribution in [2.75, 3.05) is 30.4 Å². The number of thioether (sulfide) groups is 1. The predicted molar refractivity (Wildman–Crippen MR) is 139 cm³/mol. The van der Waals surface area contributed by atoms with Gasteiger partial charge in [0.05, 0.1) is 23.3 Å². The molecule has 176 valence electrons. The van der Waals surface area contributed by atoms with Crippen molar-refractivity contribution in [3.05, 3.63) is 59.0 Å². The Balaban J connectivity index is 1.57. The van der Waals surface area contributed by atoms with Gasteiger partial charge in [-0.05, 0) is 36.8 Å². The zero-order chi connectivity index (χ0) is 24.2. The van der Waals surface area contributed by atoms with Gasteiger partial charge in [-0.15, -0.1) is 0 Å². The average Bonchev–Trinajstić information content (AvgIpc) is 3.27. The molecule has 1 N–H and O–H groups in total. The van der Waals surface area contributed by atoms with Gasteiger partial charge in [0, 0.05) is 17.8 Å². The molecule has 1 fully saturated rings. The zero-order valence-corrected chi connectivity index (χ0v) is 20.6. The molecule has 0 unspecified atom stereocenters. The van der Waals surface area contributed by atoms with E-state index in [1.54, 1.807) is 54.5 Å². The van der Waals surface area contributed by atoms with Gasteiger partial charge in [-0.25, -0.2) is 0 Å². The molecule has 0 aliphatic carbocycles. The molecule has 34 heavy (non-hydrogen) atoms. The molecule has 0 saturated carbocycles. The van der Waals surface area contributed by atoms with E-state index in [9.17, 15) is 14.4 Å². The van der Waals surface area contributed by atoms with E-state index in [1.165, 1.54) is 4.90 Å². The molecular weight excluding hydrogens is 470 g/mol. The molecule has 9 heteroatoms. The van der Waals surface area contributed by atoms with Crippen molar-refractivity contribution in [3.8, 4) is 5.75 Å². The van der Waals surface area contributed by atoms with Gasteiger partial charge in [0.1, 0.15) is 16.6 Å². The summed E-state index contributed by atoms with van der Waals surface area (Å²) in [6, 6.07) is 14.1. The van der Waals surface area contributed by atoms with Gasteiger partial charge >= 0.3 is 0 Å². The van der Waals surface area contributed by atoms with Crippen LogP contribution in [0.4, 0.5) is 11.4 Å². The van der Waals surface area contributed by atoms with Crippen molar-refractivity contribution in [2.45, 2.75) is 26.2 Å². The molecule has 4 rings (SSSR count). The number of anilines is 2. The van der Waals surface area contributed by atoms with E-state index in [0.29, 0.717) is 44.0 Å². The van der Waals surface area contributed by atoms with Crippen LogP contribution in [-0.2, 0) is 14.4 Å². The number of fused-ring (bicyclic) bond motifs is 1. The van der Waals surface area contributed by atoms with E-state index < -0.39 is 0 Å². The molecule has 0 atom stereocenters. The number of unbranched alkanes of at least 4 members (excludes halogenated alkanes) is 2. The van der Waals surface area contributed by atoms with Crippen LogP contribution in [-0.4, -0.2) is 47.1 Å². The number of carbonyl (C=O) groups excluding carboxylic acids is 3. The van der Waals surface area contributed by atoms with Crippen LogP contribution in [0.3, 0.4) is 0 Å². The Morgan fingerprint density at radius 3 is 2.47 bits per heavy atom. The number of nitrogens with zero attached hydrogens (tertiary/aromatic N) is 2. The first kappa shape index (κ1) is 24.0. The third-order valence-corrected chi connectivity index (χ3v) is 7.11. The van der Waals surface area contributed by atoms with Crippen LogP contribution in [0.2, 0.25) is 0 Å². The van der Waals surface area contributed by atoms with Gasteiger partial charge in [0.2, 0.25) is 5.91 Å². The second kappa shape index (κ2) is 10.4. The van der Waals surface area contributed by atoms with Crippen LogP contribution in [0, 0.1) is 0 Å². The average molecular weight is 496 g/mol. The number of rotatable bonds is 8. The lowest BCUT2D eigenvalue weighted by molar-refractivity contribution is -0.122. The molecule has 2 aliphatic rings. The molecule has 0 bridgehead atoms. The normalized spacial score (nSPS) is 17.4. The summed E-state index contributed by atoms with van der Waals surface area (Å²) < 4.78 is 5.60. The zero-order valence-electron chi connectivity index (χ0n) is 19.0. The molecule has 2 aromatic rings. The van der Waals surface area contributed by atoms with Gasteiger partial charge in [-0.1, -0.05) is 61.9 Å². The van der Waals surface area contributed by atoms with E-state index in [-0.39, 0.29) is 24.3 Å². The molecule has 1 saturated heterocycles. The topological polar surface area (TPSA) is 79.0 Å². The van der Waals surface area contributed by atoms with Crippen molar-refractivity contribution >= 4 is 63.0 Å². The molecule has 0 spiro atoms. The highest BCUT2D eigenvalue weighted by Crippen LogP contribution is 2.44. The number of para-hydroxylation sites is 1. The number of hydrogen-bond acceptors (Lipinski definition) is 6. The van der Waals surface area contributed by atoms with Gasteiger partial charge < -0.3 is 10.1 Å². The molecule has 0 radical (unpaired) electrons. The fraction of sp³-hybridized carbons (Fsp3) is 0.280. The first-order valence-corrected chi connectivity index (χ1v) is 12.3. The summed E-state index contributed by atoms with van der Waals surface area (Å²) in [5.41, 5.74) is 2.14. The quantitative estimate of drug-likeness (QED) is 0.331. The summed E-state index contributed by atoms with van der Waals surface area (Å²) in [5, 5.41) is 2.80. The molecule has 2 aromatic carbocycles. The Hall–Kier alpha value is -3.17. The Kier molecular flexibility index (Phi) is 7.33. The molecule has 3 amide bonds. The van der Waals surface area contributed by atoms with Gasteiger partial charge in [0.15, 0.2) is 0 Å². The summed E-state index contributed by atoms with van der Waals surface area (Å²) in [4.78, 5) is 42.7. The molecule has 0 aromatic heterocycles. The summed E-state index contributed by atoms with van der Waals surface area (Å²) in [5.74, 6) is -0.283. The standard InChI is InChI=1S/C25H25N3O4S2/c1-3-4-7-14-27-24(31)22(34-25(27)33)21-18-8-5-6-9-19(18)28(23(21)30)15-20(29)26-16-10-12-17(32-2)13-11-16/h5-6,8-13H,3-4,7,14-15H2,1-2H3,(H,26,29)/b22-21+. The van der Waals surface area contributed by atoms with Crippen molar-refractivity contribution in [2.24, 2.45) is 0 Å². The lowest BCUT2D eigenvalue weighted by Gasteiger charge is -2.17. The van der Waals surface area contributed by atoms with Crippen LogP contribution in [0.25, 0.3) is 5.57 Å². The second-order valence-corrected chi connectivity index (χ2v) is 9.57. The minimum absolute atomic E-state index is 0.178. The number of nitrogens with one attached hydrogen (secondary N) is 1. The highest BCUT2D eigenvalue weighted by atomic mass is 32.2. The lowest BCUT2D eigenvalue weighted by Crippen LogP contribution is -2.35. The monoisotopic (exact) mass is 495 g/mol. The Bertz CT molecular complexity index is 1180. The van der Waals surface area contributed by atoms with Crippen molar-refractivity contribution in [3.63, 3.8) is 0 Å². The molecular formula is C25H25N3O4S2. The molecule has 2 heterocycles. The van der Waals surface area contributed by atoms with Crippen LogP contribution in [0.15, 0.2) is 53.4 Å². The third kappa shape index (κ3) is 4.71. The van der Waals surface area contributed by atoms with Crippen LogP contribution in [0.1, 0.15) is 31.7 Å². The lowest BCUT2D eigenvalue weighted by atomic mass is 10.1. The Labute approximate surface area is 208 Å². The number of benzene rings is 2. The highest BCUT2D eigenvalue weighted by Gasteiger charge is 2.42. The SMILES string of the molecule is CCCCCN1C(=O)/C(=C2\C(=O)N(CC(=O)Nc3ccc(OC)cc3)c3ccccc32)SC1=S. The molecule has 7 nitrogen and oxygen atoms in total. The smallest absolute Gasteiger partial charge is 0.267 e. The first-order chi connectivity index (χ1) is 16.4. The first-order valence-electron chi connectivity index (χ1n) is 11.1. The van der Waals surface area contributed by atoms with Crippen molar-refractivity contribution in [1.29, 1.82) is 0 Å². The van der Waals surface area contributed by atoms with Gasteiger partial charge in [0.25, 0.3) is 11.8 Å². The maximum absolute atomic E-state index is 13.5. The van der Waals surface area contributed by atoms with E-state index in [4.69, 9.17) is 17.0 Å². The van der Waals surface area contributed by atoms with Crippen LogP contribution >= 0.6 is 24.0 Å². The van der Waals surface area contributed by atoms with Gasteiger partial charge in [-0.2, -0.15) is 0 Å². The number of carbonyl (C=O) groups is 3. The fourth-order valence-electron chi connectivity index (χ4n) is 3.94. The minimum atomic E-state index is -0.375. The second-order valence-electron chi connectivity index (χ2n) is 7.92. The third-order valence-electron chi connectivity index (χ3n) is 5.66. The number of methoxy groups -OCH3 is 1. The Morgan fingerprint density at radius 1 is 1.03 bits per heavy atom. The molecule has 2 aliphatic heterocycles. The summed E-state index contributed by atoms with van der Waals surface area (Å²) >= 11 is 6.60. The summed E-state index contributed by atoms with van der Waals surface area (Å²) in [6.07, 6.45) is 2.89. The summed E-state index contributed by atoms with van der Waals surface area (Å²) in [7, 11) is 1.57. The fourth-order valence-corrected chi connectivity index (χ4v) is 5.32. The van der Waals surface area contributed by atoms with Crippen LogP contribution < -0.4 is 15.0 Å².